The summed E-state index contributed by atoms with van der Waals surface area (Å²) in [5, 5.41) is 112. The molecule has 0 bridgehead atoms. The lowest BCUT2D eigenvalue weighted by atomic mass is 9.99. The average molecular weight is 667 g/mol. The number of hydrogen-bond donors (Lipinski definition) is 12. The van der Waals surface area contributed by atoms with Gasteiger partial charge in [0.1, 0.15) is 73.2 Å². The Bertz CT molecular complexity index is 685. The van der Waals surface area contributed by atoms with E-state index < -0.39 is 112 Å². The van der Waals surface area contributed by atoms with Gasteiger partial charge in [-0.3, -0.25) is 0 Å². The SMILES string of the molecule is CC(C)OC1O[C@H](CO)[C@@H](O)[C@H](O)[C@@H]1O.CC(C)O[C@@H]1O[C@H](CO)[C@H](O)[C@H](O)[C@H]1O.CC(C)O[C@H]1O[C@H](CO)[C@@H](O)[C@H](O)[C@H]1O. The first kappa shape index (κ1) is 42.3. The fourth-order valence-electron chi connectivity index (χ4n) is 4.34. The van der Waals surface area contributed by atoms with E-state index in [0.717, 1.165) is 0 Å². The van der Waals surface area contributed by atoms with E-state index in [1.54, 1.807) is 41.5 Å². The van der Waals surface area contributed by atoms with Crippen molar-refractivity contribution in [1.82, 2.24) is 0 Å². The summed E-state index contributed by atoms with van der Waals surface area (Å²) in [6, 6.07) is 0. The smallest absolute Gasteiger partial charge is 0.186 e. The van der Waals surface area contributed by atoms with Crippen LogP contribution in [-0.2, 0) is 28.4 Å². The van der Waals surface area contributed by atoms with Crippen molar-refractivity contribution in [3.63, 3.8) is 0 Å². The van der Waals surface area contributed by atoms with Crippen molar-refractivity contribution in [2.75, 3.05) is 19.8 Å². The minimum atomic E-state index is -1.38. The fraction of sp³-hybridized carbons (Fsp3) is 1.00. The van der Waals surface area contributed by atoms with E-state index in [1.807, 2.05) is 0 Å². The Hall–Kier alpha value is -0.720. The van der Waals surface area contributed by atoms with Crippen molar-refractivity contribution in [3.05, 3.63) is 0 Å². The molecule has 45 heavy (non-hydrogen) atoms. The molecule has 270 valence electrons. The topological polar surface area (TPSA) is 298 Å². The molecule has 3 saturated heterocycles. The molecule has 3 aliphatic heterocycles. The highest BCUT2D eigenvalue weighted by molar-refractivity contribution is 4.90. The van der Waals surface area contributed by atoms with Crippen LogP contribution in [-0.4, -0.2) is 192 Å². The van der Waals surface area contributed by atoms with Crippen molar-refractivity contribution in [2.24, 2.45) is 0 Å². The molecule has 18 nitrogen and oxygen atoms in total. The first-order valence-corrected chi connectivity index (χ1v) is 14.8. The van der Waals surface area contributed by atoms with Gasteiger partial charge in [0, 0.05) is 0 Å². The summed E-state index contributed by atoms with van der Waals surface area (Å²) in [5.74, 6) is 0. The van der Waals surface area contributed by atoms with Gasteiger partial charge in [0.15, 0.2) is 18.9 Å². The minimum absolute atomic E-state index is 0.188. The predicted octanol–water partition coefficient (Wildman–Crippen LogP) is -5.37. The van der Waals surface area contributed by atoms with Gasteiger partial charge in [0.25, 0.3) is 0 Å². The van der Waals surface area contributed by atoms with E-state index in [-0.39, 0.29) is 18.3 Å². The summed E-state index contributed by atoms with van der Waals surface area (Å²) in [5.41, 5.74) is 0. The normalized spacial score (nSPS) is 42.2. The maximum absolute atomic E-state index is 9.53. The number of ether oxygens (including phenoxy) is 6. The lowest BCUT2D eigenvalue weighted by molar-refractivity contribution is -0.308. The van der Waals surface area contributed by atoms with Crippen LogP contribution in [0.25, 0.3) is 0 Å². The Balaban J connectivity index is 0.000000337. The molecule has 0 amide bonds. The Morgan fingerprint density at radius 2 is 0.578 bits per heavy atom. The molecule has 0 aliphatic carbocycles. The van der Waals surface area contributed by atoms with Gasteiger partial charge < -0.3 is 89.7 Å². The molecule has 3 heterocycles. The standard InChI is InChI=1S/3C9H18O6/c3*1-4(2)14-9-8(13)7(12)6(11)5(3-10)15-9/h3*4-13H,3H2,1-2H3/t5-,6+,7+,8-,9-;5-,6-,7+,8+,9?;5-,6-,7+,8-,9+/m111/s1. The number of aliphatic hydroxyl groups excluding tert-OH is 12. The second-order valence-corrected chi connectivity index (χ2v) is 11.6. The minimum Gasteiger partial charge on any atom is -0.394 e. The van der Waals surface area contributed by atoms with Gasteiger partial charge >= 0.3 is 0 Å². The van der Waals surface area contributed by atoms with Crippen molar-refractivity contribution < 1.29 is 89.7 Å². The second kappa shape index (κ2) is 19.9. The van der Waals surface area contributed by atoms with Gasteiger partial charge in [-0.25, -0.2) is 0 Å². The maximum Gasteiger partial charge on any atom is 0.186 e. The van der Waals surface area contributed by atoms with Gasteiger partial charge in [-0.15, -0.1) is 0 Å². The summed E-state index contributed by atoms with van der Waals surface area (Å²) in [7, 11) is 0. The molecular formula is C27H54O18. The van der Waals surface area contributed by atoms with Gasteiger partial charge in [-0.2, -0.15) is 0 Å². The van der Waals surface area contributed by atoms with Crippen LogP contribution in [0.5, 0.6) is 0 Å². The van der Waals surface area contributed by atoms with E-state index in [4.69, 9.17) is 43.7 Å². The molecule has 3 rings (SSSR count). The van der Waals surface area contributed by atoms with Crippen LogP contribution in [0.4, 0.5) is 0 Å². The lowest BCUT2D eigenvalue weighted by Crippen LogP contribution is -2.59. The van der Waals surface area contributed by atoms with Crippen LogP contribution in [0.1, 0.15) is 41.5 Å². The lowest BCUT2D eigenvalue weighted by Gasteiger charge is -2.40. The highest BCUT2D eigenvalue weighted by Crippen LogP contribution is 2.24. The highest BCUT2D eigenvalue weighted by Gasteiger charge is 2.46. The first-order valence-electron chi connectivity index (χ1n) is 14.8. The maximum atomic E-state index is 9.53. The monoisotopic (exact) mass is 666 g/mol. The van der Waals surface area contributed by atoms with Crippen LogP contribution < -0.4 is 0 Å². The number of rotatable bonds is 9. The quantitative estimate of drug-likeness (QED) is 0.109. The molecule has 15 atom stereocenters. The van der Waals surface area contributed by atoms with Crippen molar-refractivity contribution in [2.45, 2.75) is 152 Å². The Kier molecular flexibility index (Phi) is 18.8. The largest absolute Gasteiger partial charge is 0.394 e. The van der Waals surface area contributed by atoms with Crippen LogP contribution in [0.15, 0.2) is 0 Å². The predicted molar refractivity (Wildman–Crippen MR) is 150 cm³/mol. The van der Waals surface area contributed by atoms with Crippen molar-refractivity contribution >= 4 is 0 Å². The summed E-state index contributed by atoms with van der Waals surface area (Å²) >= 11 is 0. The number of aliphatic hydroxyl groups is 12. The molecular weight excluding hydrogens is 612 g/mol. The molecule has 12 N–H and O–H groups in total. The van der Waals surface area contributed by atoms with E-state index in [9.17, 15) is 46.0 Å². The average Bonchev–Trinajstić information content (AvgIpc) is 2.98. The van der Waals surface area contributed by atoms with Gasteiger partial charge in [0.05, 0.1) is 38.1 Å². The number of hydrogen-bond acceptors (Lipinski definition) is 18. The van der Waals surface area contributed by atoms with Gasteiger partial charge in [-0.05, 0) is 41.5 Å². The van der Waals surface area contributed by atoms with E-state index in [0.29, 0.717) is 0 Å². The summed E-state index contributed by atoms with van der Waals surface area (Å²) < 4.78 is 30.9. The van der Waals surface area contributed by atoms with Crippen LogP contribution in [0, 0.1) is 0 Å². The zero-order valence-corrected chi connectivity index (χ0v) is 26.3. The zero-order valence-electron chi connectivity index (χ0n) is 26.3. The third-order valence-corrected chi connectivity index (χ3v) is 6.76. The van der Waals surface area contributed by atoms with Crippen molar-refractivity contribution in [3.8, 4) is 0 Å². The Labute approximate surface area is 261 Å². The van der Waals surface area contributed by atoms with E-state index in [1.165, 1.54) is 0 Å². The molecule has 0 saturated carbocycles. The molecule has 0 aromatic rings. The van der Waals surface area contributed by atoms with E-state index in [2.05, 4.69) is 0 Å². The van der Waals surface area contributed by atoms with Crippen molar-refractivity contribution in [1.29, 1.82) is 0 Å². The molecule has 3 fully saturated rings. The molecule has 0 radical (unpaired) electrons. The fourth-order valence-corrected chi connectivity index (χ4v) is 4.34. The van der Waals surface area contributed by atoms with Crippen LogP contribution in [0.3, 0.4) is 0 Å². The summed E-state index contributed by atoms with van der Waals surface area (Å²) in [6.07, 6.45) is -18.5. The zero-order chi connectivity index (χ0) is 34.8. The highest BCUT2D eigenvalue weighted by atomic mass is 16.7. The molecule has 0 aromatic carbocycles. The molecule has 3 aliphatic rings. The third kappa shape index (κ3) is 12.3. The molecule has 1 unspecified atom stereocenters. The molecule has 18 heteroatoms. The molecule has 0 aromatic heterocycles. The van der Waals surface area contributed by atoms with Gasteiger partial charge in [0.2, 0.25) is 0 Å². The van der Waals surface area contributed by atoms with Crippen LogP contribution >= 0.6 is 0 Å². The summed E-state index contributed by atoms with van der Waals surface area (Å²) in [6.45, 7) is 9.18. The Morgan fingerprint density at radius 3 is 0.733 bits per heavy atom. The van der Waals surface area contributed by atoms with E-state index >= 15 is 0 Å². The first-order chi connectivity index (χ1) is 20.9. The summed E-state index contributed by atoms with van der Waals surface area (Å²) in [4.78, 5) is 0. The molecule has 0 spiro atoms. The van der Waals surface area contributed by atoms with Crippen LogP contribution in [0.2, 0.25) is 0 Å². The van der Waals surface area contributed by atoms with Gasteiger partial charge in [-0.1, -0.05) is 0 Å². The Morgan fingerprint density at radius 1 is 0.378 bits per heavy atom. The second-order valence-electron chi connectivity index (χ2n) is 11.6. The third-order valence-electron chi connectivity index (χ3n) is 6.76.